The molecule has 1 heteroatoms. The molecule has 1 nitrogen and oxygen atoms in total. The van der Waals surface area contributed by atoms with Gasteiger partial charge in [-0.1, -0.05) is 32.4 Å². The van der Waals surface area contributed by atoms with Crippen LogP contribution < -0.4 is 0 Å². The van der Waals surface area contributed by atoms with E-state index in [9.17, 15) is 0 Å². The Bertz CT molecular complexity index is 258. The predicted octanol–water partition coefficient (Wildman–Crippen LogP) is 3.79. The number of ether oxygens (including phenoxy) is 1. The van der Waals surface area contributed by atoms with Crippen LogP contribution in [0, 0.1) is 17.8 Å². The fourth-order valence-electron chi connectivity index (χ4n) is 3.06. The summed E-state index contributed by atoms with van der Waals surface area (Å²) in [7, 11) is 0. The molecule has 5 atom stereocenters. The molecule has 2 bridgehead atoms. The summed E-state index contributed by atoms with van der Waals surface area (Å²) in [5, 5.41) is 0. The Kier molecular flexibility index (Phi) is 2.94. The number of allylic oxidation sites excluding steroid dienone is 1. The number of fused-ring (bicyclic) bond motifs is 2. The van der Waals surface area contributed by atoms with Gasteiger partial charge in [0.25, 0.3) is 0 Å². The highest BCUT2D eigenvalue weighted by atomic mass is 16.5. The van der Waals surface area contributed by atoms with E-state index in [0.29, 0.717) is 17.9 Å². The lowest BCUT2D eigenvalue weighted by Gasteiger charge is -2.36. The molecule has 2 aliphatic carbocycles. The van der Waals surface area contributed by atoms with Gasteiger partial charge in [0.1, 0.15) is 0 Å². The molecular formula is C14H24O. The van der Waals surface area contributed by atoms with Gasteiger partial charge < -0.3 is 4.74 Å². The van der Waals surface area contributed by atoms with Crippen LogP contribution in [0.15, 0.2) is 12.2 Å². The summed E-state index contributed by atoms with van der Waals surface area (Å²) in [6.07, 6.45) is 8.91. The molecule has 0 saturated heterocycles. The highest BCUT2D eigenvalue weighted by Crippen LogP contribution is 2.48. The topological polar surface area (TPSA) is 9.23 Å². The summed E-state index contributed by atoms with van der Waals surface area (Å²) in [4.78, 5) is 0. The number of hydrogen-bond donors (Lipinski definition) is 0. The summed E-state index contributed by atoms with van der Waals surface area (Å²) in [5.74, 6) is 2.14. The second kappa shape index (κ2) is 3.93. The molecule has 0 aromatic rings. The molecule has 0 aromatic heterocycles. The normalized spacial score (nSPS) is 42.1. The van der Waals surface area contributed by atoms with Crippen LogP contribution in [-0.2, 0) is 4.74 Å². The molecule has 1 saturated carbocycles. The largest absolute Gasteiger partial charge is 0.371 e. The highest BCUT2D eigenvalue weighted by Gasteiger charge is 2.46. The number of hydrogen-bond acceptors (Lipinski definition) is 1. The standard InChI is InChI=1S/C14H24O/c1-5-10(2)11(3)15-14(4)9-12-6-7-13(14)8-12/h6-7,10-13H,5,8-9H2,1-4H3. The van der Waals surface area contributed by atoms with Crippen LogP contribution in [0.2, 0.25) is 0 Å². The van der Waals surface area contributed by atoms with E-state index in [1.165, 1.54) is 19.3 Å². The molecule has 0 aromatic carbocycles. The number of rotatable bonds is 4. The summed E-state index contributed by atoms with van der Waals surface area (Å²) in [5.41, 5.74) is 0.127. The highest BCUT2D eigenvalue weighted by molar-refractivity contribution is 5.16. The summed E-state index contributed by atoms with van der Waals surface area (Å²) in [6.45, 7) is 9.07. The first-order chi connectivity index (χ1) is 7.05. The Labute approximate surface area is 93.9 Å². The summed E-state index contributed by atoms with van der Waals surface area (Å²) in [6, 6.07) is 0. The third-order valence-corrected chi connectivity index (χ3v) is 4.52. The minimum Gasteiger partial charge on any atom is -0.371 e. The van der Waals surface area contributed by atoms with Gasteiger partial charge in [-0.25, -0.2) is 0 Å². The van der Waals surface area contributed by atoms with Gasteiger partial charge >= 0.3 is 0 Å². The molecule has 0 amide bonds. The molecule has 0 spiro atoms. The van der Waals surface area contributed by atoms with E-state index in [4.69, 9.17) is 4.74 Å². The molecule has 0 aliphatic heterocycles. The minimum atomic E-state index is 0.127. The van der Waals surface area contributed by atoms with E-state index in [0.717, 1.165) is 5.92 Å². The van der Waals surface area contributed by atoms with Crippen molar-refractivity contribution in [2.75, 3.05) is 0 Å². The molecule has 15 heavy (non-hydrogen) atoms. The molecule has 2 aliphatic rings. The lowest BCUT2D eigenvalue weighted by Crippen LogP contribution is -2.38. The second-order valence-electron chi connectivity index (χ2n) is 5.71. The van der Waals surface area contributed by atoms with Crippen molar-refractivity contribution < 1.29 is 4.74 Å². The first-order valence-corrected chi connectivity index (χ1v) is 6.41. The van der Waals surface area contributed by atoms with Crippen molar-refractivity contribution in [1.29, 1.82) is 0 Å². The maximum absolute atomic E-state index is 6.33. The molecule has 0 heterocycles. The fourth-order valence-corrected chi connectivity index (χ4v) is 3.06. The van der Waals surface area contributed by atoms with Gasteiger partial charge in [-0.3, -0.25) is 0 Å². The predicted molar refractivity (Wildman–Crippen MR) is 63.8 cm³/mol. The van der Waals surface area contributed by atoms with Crippen LogP contribution in [0.25, 0.3) is 0 Å². The molecule has 5 unspecified atom stereocenters. The van der Waals surface area contributed by atoms with Gasteiger partial charge in [-0.05, 0) is 38.5 Å². The van der Waals surface area contributed by atoms with E-state index in [1.54, 1.807) is 0 Å². The van der Waals surface area contributed by atoms with Crippen molar-refractivity contribution in [3.05, 3.63) is 12.2 Å². The zero-order valence-corrected chi connectivity index (χ0v) is 10.5. The van der Waals surface area contributed by atoms with E-state index in [2.05, 4.69) is 39.8 Å². The zero-order chi connectivity index (χ0) is 11.1. The van der Waals surface area contributed by atoms with Gasteiger partial charge in [0.2, 0.25) is 0 Å². The Morgan fingerprint density at radius 3 is 2.60 bits per heavy atom. The van der Waals surface area contributed by atoms with Crippen LogP contribution >= 0.6 is 0 Å². The third-order valence-electron chi connectivity index (χ3n) is 4.52. The van der Waals surface area contributed by atoms with E-state index < -0.39 is 0 Å². The molecule has 0 radical (unpaired) electrons. The van der Waals surface area contributed by atoms with Crippen molar-refractivity contribution >= 4 is 0 Å². The zero-order valence-electron chi connectivity index (χ0n) is 10.5. The van der Waals surface area contributed by atoms with Crippen LogP contribution in [0.4, 0.5) is 0 Å². The quantitative estimate of drug-likeness (QED) is 0.639. The minimum absolute atomic E-state index is 0.127. The molecule has 0 N–H and O–H groups in total. The monoisotopic (exact) mass is 208 g/mol. The van der Waals surface area contributed by atoms with E-state index in [-0.39, 0.29) is 5.60 Å². The van der Waals surface area contributed by atoms with Gasteiger partial charge in [-0.2, -0.15) is 0 Å². The van der Waals surface area contributed by atoms with Crippen molar-refractivity contribution in [2.45, 2.75) is 58.7 Å². The van der Waals surface area contributed by atoms with Gasteiger partial charge in [0.15, 0.2) is 0 Å². The van der Waals surface area contributed by atoms with Gasteiger partial charge in [0, 0.05) is 5.92 Å². The van der Waals surface area contributed by atoms with Crippen molar-refractivity contribution in [3.8, 4) is 0 Å². The van der Waals surface area contributed by atoms with E-state index in [1.807, 2.05) is 0 Å². The van der Waals surface area contributed by atoms with Crippen LogP contribution in [-0.4, -0.2) is 11.7 Å². The Hall–Kier alpha value is -0.300. The molecule has 2 rings (SSSR count). The summed E-state index contributed by atoms with van der Waals surface area (Å²) >= 11 is 0. The lowest BCUT2D eigenvalue weighted by atomic mass is 9.89. The third kappa shape index (κ3) is 1.99. The van der Waals surface area contributed by atoms with Crippen molar-refractivity contribution in [3.63, 3.8) is 0 Å². The van der Waals surface area contributed by atoms with Crippen LogP contribution in [0.5, 0.6) is 0 Å². The van der Waals surface area contributed by atoms with Gasteiger partial charge in [-0.15, -0.1) is 0 Å². The van der Waals surface area contributed by atoms with E-state index >= 15 is 0 Å². The average Bonchev–Trinajstić information content (AvgIpc) is 2.75. The Balaban J connectivity index is 1.97. The van der Waals surface area contributed by atoms with Gasteiger partial charge in [0.05, 0.1) is 11.7 Å². The van der Waals surface area contributed by atoms with Crippen molar-refractivity contribution in [2.24, 2.45) is 17.8 Å². The van der Waals surface area contributed by atoms with Crippen LogP contribution in [0.3, 0.4) is 0 Å². The smallest absolute Gasteiger partial charge is 0.0726 e. The average molecular weight is 208 g/mol. The fraction of sp³-hybridized carbons (Fsp3) is 0.857. The SMILES string of the molecule is CCC(C)C(C)OC1(C)CC2C=CC1C2. The second-order valence-corrected chi connectivity index (χ2v) is 5.71. The Morgan fingerprint density at radius 2 is 2.13 bits per heavy atom. The maximum Gasteiger partial charge on any atom is 0.0726 e. The van der Waals surface area contributed by atoms with Crippen molar-refractivity contribution in [1.82, 2.24) is 0 Å². The Morgan fingerprint density at radius 1 is 1.40 bits per heavy atom. The lowest BCUT2D eigenvalue weighted by molar-refractivity contribution is -0.109. The first-order valence-electron chi connectivity index (χ1n) is 6.41. The molecule has 86 valence electrons. The maximum atomic E-state index is 6.33. The van der Waals surface area contributed by atoms with Crippen LogP contribution in [0.1, 0.15) is 47.0 Å². The molecule has 1 fully saturated rings. The summed E-state index contributed by atoms with van der Waals surface area (Å²) < 4.78 is 6.33. The molecular weight excluding hydrogens is 184 g/mol. The first kappa shape index (κ1) is 11.2.